The first-order valence-corrected chi connectivity index (χ1v) is 9.80. The third-order valence-electron chi connectivity index (χ3n) is 5.15. The fraction of sp³-hybridized carbons (Fsp3) is 0.273. The number of benzene rings is 1. The lowest BCUT2D eigenvalue weighted by atomic mass is 10.1. The minimum atomic E-state index is -2.62. The van der Waals surface area contributed by atoms with Crippen LogP contribution in [0.25, 0.3) is 0 Å². The number of nitrogens with two attached hydrogens (primary N) is 1. The monoisotopic (exact) mass is 443 g/mol. The van der Waals surface area contributed by atoms with Crippen LogP contribution in [-0.2, 0) is 16.6 Å². The molecule has 1 aromatic heterocycles. The van der Waals surface area contributed by atoms with Gasteiger partial charge in [-0.2, -0.15) is 0 Å². The Bertz CT molecular complexity index is 1170. The van der Waals surface area contributed by atoms with Gasteiger partial charge in [-0.25, -0.2) is 8.78 Å². The number of fused-ring (bicyclic) bond motifs is 1. The molecule has 1 aliphatic rings. The van der Waals surface area contributed by atoms with E-state index in [-0.39, 0.29) is 28.1 Å². The van der Waals surface area contributed by atoms with Crippen LogP contribution in [0.2, 0.25) is 0 Å². The second-order valence-electron chi connectivity index (χ2n) is 7.35. The van der Waals surface area contributed by atoms with Crippen molar-refractivity contribution in [3.8, 4) is 0 Å². The van der Waals surface area contributed by atoms with Crippen molar-refractivity contribution in [2.45, 2.75) is 26.3 Å². The lowest BCUT2D eigenvalue weighted by Gasteiger charge is -2.24. The van der Waals surface area contributed by atoms with Crippen LogP contribution in [0.4, 0.5) is 20.2 Å². The quantitative estimate of drug-likeness (QED) is 0.739. The zero-order valence-corrected chi connectivity index (χ0v) is 17.8. The average Bonchev–Trinajstić information content (AvgIpc) is 2.83. The number of carbonyl (C=O) groups is 2. The molecule has 1 aliphatic heterocycles. The highest BCUT2D eigenvalue weighted by Gasteiger charge is 2.32. The van der Waals surface area contributed by atoms with E-state index in [2.05, 4.69) is 10.3 Å². The number of halogens is 2. The molecule has 0 saturated carbocycles. The van der Waals surface area contributed by atoms with Gasteiger partial charge in [0, 0.05) is 24.0 Å². The summed E-state index contributed by atoms with van der Waals surface area (Å²) in [6, 6.07) is 5.90. The molecule has 3 rings (SSSR count). The molecule has 2 amide bonds. The van der Waals surface area contributed by atoms with Gasteiger partial charge in [0.1, 0.15) is 12.6 Å². The van der Waals surface area contributed by atoms with Gasteiger partial charge in [0.2, 0.25) is 5.91 Å². The Kier molecular flexibility index (Phi) is 6.52. The van der Waals surface area contributed by atoms with Crippen molar-refractivity contribution in [1.82, 2.24) is 4.57 Å². The highest BCUT2D eigenvalue weighted by Crippen LogP contribution is 2.26. The van der Waals surface area contributed by atoms with E-state index in [0.717, 1.165) is 0 Å². The molecule has 2 heterocycles. The van der Waals surface area contributed by atoms with E-state index in [4.69, 9.17) is 5.73 Å². The summed E-state index contributed by atoms with van der Waals surface area (Å²) in [5, 5.41) is 2.59. The van der Waals surface area contributed by atoms with Crippen LogP contribution in [0.3, 0.4) is 0 Å². The van der Waals surface area contributed by atoms with Crippen molar-refractivity contribution < 1.29 is 18.4 Å². The average molecular weight is 443 g/mol. The molecular weight excluding hydrogens is 420 g/mol. The molecule has 168 valence electrons. The lowest BCUT2D eigenvalue weighted by molar-refractivity contribution is -0.122. The molecule has 1 aromatic carbocycles. The summed E-state index contributed by atoms with van der Waals surface area (Å²) in [7, 11) is 1.60. The molecule has 1 atom stereocenters. The maximum Gasteiger partial charge on any atom is 0.263 e. The molecule has 0 radical (unpaired) electrons. The van der Waals surface area contributed by atoms with Gasteiger partial charge >= 0.3 is 0 Å². The molecule has 2 aromatic rings. The number of hydrogen-bond donors (Lipinski definition) is 2. The molecule has 3 N–H and O–H groups in total. The Balaban J connectivity index is 1.98. The smallest absolute Gasteiger partial charge is 0.263 e. The highest BCUT2D eigenvalue weighted by atomic mass is 19.3. The van der Waals surface area contributed by atoms with Gasteiger partial charge in [-0.15, -0.1) is 0 Å². The summed E-state index contributed by atoms with van der Waals surface area (Å²) in [5.74, 6) is -1.03. The predicted molar refractivity (Wildman–Crippen MR) is 118 cm³/mol. The van der Waals surface area contributed by atoms with Gasteiger partial charge in [0.25, 0.3) is 17.9 Å². The number of carbonyl (C=O) groups excluding carboxylic acids is 2. The van der Waals surface area contributed by atoms with Crippen molar-refractivity contribution in [2.24, 2.45) is 17.8 Å². The van der Waals surface area contributed by atoms with Crippen LogP contribution in [0, 0.1) is 6.92 Å². The SMILES string of the molecule is Cc1cc2c(c(=O)n1C)C(/C=C\N)=N[C@H](C)C(=O)N2CC(=O)Nc1ccc(C(F)F)cc1. The second kappa shape index (κ2) is 9.13. The van der Waals surface area contributed by atoms with Crippen LogP contribution >= 0.6 is 0 Å². The van der Waals surface area contributed by atoms with Gasteiger partial charge in [0.15, 0.2) is 0 Å². The van der Waals surface area contributed by atoms with E-state index in [1.807, 2.05) is 0 Å². The van der Waals surface area contributed by atoms with Crippen LogP contribution in [0.5, 0.6) is 0 Å². The number of hydrogen-bond acceptors (Lipinski definition) is 5. The molecule has 0 fully saturated rings. The normalized spacial score (nSPS) is 16.2. The predicted octanol–water partition coefficient (Wildman–Crippen LogP) is 2.27. The molecule has 0 unspecified atom stereocenters. The van der Waals surface area contributed by atoms with Crippen molar-refractivity contribution in [3.05, 3.63) is 69.8 Å². The summed E-state index contributed by atoms with van der Waals surface area (Å²) >= 11 is 0. The number of allylic oxidation sites excluding steroid dienone is 1. The zero-order chi connectivity index (χ0) is 23.6. The maximum atomic E-state index is 13.1. The fourth-order valence-corrected chi connectivity index (χ4v) is 3.37. The van der Waals surface area contributed by atoms with Gasteiger partial charge in [-0.3, -0.25) is 19.4 Å². The molecule has 0 aliphatic carbocycles. The third-order valence-corrected chi connectivity index (χ3v) is 5.15. The number of alkyl halides is 2. The van der Waals surface area contributed by atoms with Crippen LogP contribution in [0.1, 0.15) is 30.2 Å². The Labute approximate surface area is 183 Å². The first kappa shape index (κ1) is 22.9. The largest absolute Gasteiger partial charge is 0.405 e. The standard InChI is InChI=1S/C22H23F2N5O3/c1-12-10-17-19(22(32)28(12)3)16(8-9-25)26-13(2)21(31)29(17)11-18(30)27-15-6-4-14(5-7-15)20(23)24/h4-10,13,20H,11,25H2,1-3H3,(H,27,30)/b9-8-/t13-/m1/s1. The number of aryl methyl sites for hydroxylation is 1. The van der Waals surface area contributed by atoms with Crippen molar-refractivity contribution in [1.29, 1.82) is 0 Å². The maximum absolute atomic E-state index is 13.1. The highest BCUT2D eigenvalue weighted by molar-refractivity contribution is 6.18. The molecule has 0 saturated heterocycles. The molecule has 10 heteroatoms. The summed E-state index contributed by atoms with van der Waals surface area (Å²) in [5.41, 5.74) is 6.51. The number of nitrogens with zero attached hydrogens (tertiary/aromatic N) is 3. The summed E-state index contributed by atoms with van der Waals surface area (Å²) < 4.78 is 26.9. The van der Waals surface area contributed by atoms with Crippen molar-refractivity contribution in [3.63, 3.8) is 0 Å². The van der Waals surface area contributed by atoms with Gasteiger partial charge in [0.05, 0.1) is 17.0 Å². The Morgan fingerprint density at radius 3 is 2.53 bits per heavy atom. The van der Waals surface area contributed by atoms with Crippen LogP contribution in [0.15, 0.2) is 52.4 Å². The van der Waals surface area contributed by atoms with Gasteiger partial charge in [-0.05, 0) is 44.3 Å². The van der Waals surface area contributed by atoms with E-state index >= 15 is 0 Å². The van der Waals surface area contributed by atoms with E-state index < -0.39 is 30.8 Å². The van der Waals surface area contributed by atoms with Gasteiger partial charge < -0.3 is 20.5 Å². The van der Waals surface area contributed by atoms with Crippen molar-refractivity contribution in [2.75, 3.05) is 16.8 Å². The minimum absolute atomic E-state index is 0.159. The zero-order valence-electron chi connectivity index (χ0n) is 17.8. The minimum Gasteiger partial charge on any atom is -0.405 e. The Hall–Kier alpha value is -3.82. The van der Waals surface area contributed by atoms with E-state index in [9.17, 15) is 23.2 Å². The number of nitrogens with one attached hydrogen (secondary N) is 1. The summed E-state index contributed by atoms with van der Waals surface area (Å²) in [6.07, 6.45) is 0.0490. The second-order valence-corrected chi connectivity index (χ2v) is 7.35. The molecule has 0 bridgehead atoms. The number of pyridine rings is 1. The molecular formula is C22H23F2N5O3. The van der Waals surface area contributed by atoms with E-state index in [0.29, 0.717) is 11.4 Å². The number of aliphatic imine (C=N–C) groups is 1. The van der Waals surface area contributed by atoms with Crippen LogP contribution in [-0.4, -0.2) is 34.7 Å². The Morgan fingerprint density at radius 1 is 1.28 bits per heavy atom. The van der Waals surface area contributed by atoms with Crippen LogP contribution < -0.4 is 21.5 Å². The third kappa shape index (κ3) is 4.43. The molecule has 0 spiro atoms. The van der Waals surface area contributed by atoms with E-state index in [1.165, 1.54) is 46.0 Å². The Morgan fingerprint density at radius 2 is 1.94 bits per heavy atom. The summed E-state index contributed by atoms with van der Waals surface area (Å²) in [4.78, 5) is 44.3. The van der Waals surface area contributed by atoms with E-state index in [1.54, 1.807) is 27.0 Å². The number of aromatic nitrogens is 1. The summed E-state index contributed by atoms with van der Waals surface area (Å²) in [6.45, 7) is 2.87. The van der Waals surface area contributed by atoms with Gasteiger partial charge in [-0.1, -0.05) is 12.1 Å². The fourth-order valence-electron chi connectivity index (χ4n) is 3.37. The van der Waals surface area contributed by atoms with Crippen molar-refractivity contribution >= 4 is 28.9 Å². The topological polar surface area (TPSA) is 110 Å². The first-order chi connectivity index (χ1) is 15.1. The molecule has 8 nitrogen and oxygen atoms in total. The number of amides is 2. The number of rotatable bonds is 5. The lowest BCUT2D eigenvalue weighted by Crippen LogP contribution is -2.43. The molecule has 32 heavy (non-hydrogen) atoms. The number of anilines is 2. The first-order valence-electron chi connectivity index (χ1n) is 9.80.